The van der Waals surface area contributed by atoms with Crippen molar-refractivity contribution in [2.45, 2.75) is 6.92 Å². The van der Waals surface area contributed by atoms with Crippen LogP contribution in [0.2, 0.25) is 0 Å². The topological polar surface area (TPSA) is 57.5 Å². The molecule has 0 saturated heterocycles. The maximum atomic E-state index is 10.4. The van der Waals surface area contributed by atoms with Gasteiger partial charge in [-0.1, -0.05) is 18.2 Å². The van der Waals surface area contributed by atoms with E-state index in [1.807, 2.05) is 6.07 Å². The third-order valence-corrected chi connectivity index (χ3v) is 1.85. The summed E-state index contributed by atoms with van der Waals surface area (Å²) in [6.45, 7) is 1.93. The number of aliphatic hydroxyl groups is 1. The largest absolute Gasteiger partial charge is 0.397 e. The van der Waals surface area contributed by atoms with Gasteiger partial charge in [-0.15, -0.1) is 0 Å². The molecule has 0 radical (unpaired) electrons. The third kappa shape index (κ3) is 5.08. The standard InChI is InChI=1S/C6H7O2P.C2H6O/c7-9(8)6-4-2-1-3-5-6;1-2-3/h1-5,9H,(H,7,8);3H,2H2,1H3. The molecule has 1 atom stereocenters. The van der Waals surface area contributed by atoms with Crippen molar-refractivity contribution in [3.05, 3.63) is 30.3 Å². The van der Waals surface area contributed by atoms with E-state index in [0.29, 0.717) is 5.30 Å². The van der Waals surface area contributed by atoms with Gasteiger partial charge in [0.2, 0.25) is 8.03 Å². The van der Waals surface area contributed by atoms with Crippen molar-refractivity contribution in [1.29, 1.82) is 0 Å². The van der Waals surface area contributed by atoms with Crippen molar-refractivity contribution in [2.75, 3.05) is 6.61 Å². The van der Waals surface area contributed by atoms with Crippen molar-refractivity contribution in [3.63, 3.8) is 0 Å². The van der Waals surface area contributed by atoms with Gasteiger partial charge in [-0.05, 0) is 19.1 Å². The lowest BCUT2D eigenvalue weighted by Crippen LogP contribution is -1.91. The molecule has 0 fully saturated rings. The smallest absolute Gasteiger partial charge is 0.218 e. The Morgan fingerprint density at radius 1 is 1.33 bits per heavy atom. The average molecular weight is 188 g/mol. The summed E-state index contributed by atoms with van der Waals surface area (Å²) >= 11 is 0. The molecule has 0 amide bonds. The highest BCUT2D eigenvalue weighted by atomic mass is 31.1. The van der Waals surface area contributed by atoms with Gasteiger partial charge in [-0.25, -0.2) is 0 Å². The minimum Gasteiger partial charge on any atom is -0.397 e. The summed E-state index contributed by atoms with van der Waals surface area (Å²) in [7, 11) is -2.46. The quantitative estimate of drug-likeness (QED) is 0.640. The molecule has 0 heterocycles. The predicted octanol–water partition coefficient (Wildman–Crippen LogP) is 0.777. The molecular weight excluding hydrogens is 175 g/mol. The average Bonchev–Trinajstić information content (AvgIpc) is 2.07. The van der Waals surface area contributed by atoms with E-state index >= 15 is 0 Å². The van der Waals surface area contributed by atoms with Crippen LogP contribution in [0.25, 0.3) is 0 Å². The summed E-state index contributed by atoms with van der Waals surface area (Å²) in [4.78, 5) is 8.57. The Kier molecular flexibility index (Phi) is 6.67. The van der Waals surface area contributed by atoms with E-state index in [-0.39, 0.29) is 6.61 Å². The Morgan fingerprint density at radius 3 is 2.00 bits per heavy atom. The van der Waals surface area contributed by atoms with E-state index in [1.54, 1.807) is 31.2 Å². The lowest BCUT2D eigenvalue weighted by atomic mass is 10.4. The SMILES string of the molecule is CCO.O=[PH](O)c1ccccc1. The Labute approximate surface area is 72.5 Å². The Balaban J connectivity index is 0.000000354. The molecule has 3 nitrogen and oxygen atoms in total. The zero-order valence-corrected chi connectivity index (χ0v) is 7.90. The maximum absolute atomic E-state index is 10.4. The monoisotopic (exact) mass is 188 g/mol. The van der Waals surface area contributed by atoms with Crippen LogP contribution in [0.1, 0.15) is 6.92 Å². The molecule has 12 heavy (non-hydrogen) atoms. The molecule has 68 valence electrons. The lowest BCUT2D eigenvalue weighted by molar-refractivity contribution is 0.318. The highest BCUT2D eigenvalue weighted by Gasteiger charge is 1.92. The first-order valence-corrected chi connectivity index (χ1v) is 4.97. The molecule has 1 unspecified atom stereocenters. The summed E-state index contributed by atoms with van der Waals surface area (Å²) in [5.74, 6) is 0. The second-order valence-corrected chi connectivity index (χ2v) is 3.18. The van der Waals surface area contributed by atoms with E-state index in [4.69, 9.17) is 10.00 Å². The zero-order valence-electron chi connectivity index (χ0n) is 6.90. The Bertz CT molecular complexity index is 223. The molecule has 2 N–H and O–H groups in total. The fourth-order valence-corrected chi connectivity index (χ4v) is 1.06. The van der Waals surface area contributed by atoms with Crippen molar-refractivity contribution < 1.29 is 14.6 Å². The molecule has 0 aromatic heterocycles. The second kappa shape index (κ2) is 7.04. The van der Waals surface area contributed by atoms with E-state index in [1.165, 1.54) is 0 Å². The molecule has 4 heteroatoms. The van der Waals surface area contributed by atoms with E-state index in [9.17, 15) is 4.57 Å². The van der Waals surface area contributed by atoms with Crippen LogP contribution >= 0.6 is 8.03 Å². The van der Waals surface area contributed by atoms with Gasteiger partial charge in [0.15, 0.2) is 0 Å². The normalized spacial score (nSPS) is 11.2. The van der Waals surface area contributed by atoms with Gasteiger partial charge in [0.25, 0.3) is 0 Å². The van der Waals surface area contributed by atoms with Crippen LogP contribution in [-0.4, -0.2) is 16.6 Å². The maximum Gasteiger partial charge on any atom is 0.218 e. The predicted molar refractivity (Wildman–Crippen MR) is 50.1 cm³/mol. The molecule has 0 aliphatic heterocycles. The second-order valence-electron chi connectivity index (χ2n) is 1.99. The van der Waals surface area contributed by atoms with Crippen LogP contribution in [0, 0.1) is 0 Å². The molecule has 0 aliphatic carbocycles. The fraction of sp³-hybridized carbons (Fsp3) is 0.250. The molecule has 0 bridgehead atoms. The lowest BCUT2D eigenvalue weighted by Gasteiger charge is -1.90. The first-order valence-electron chi connectivity index (χ1n) is 3.61. The van der Waals surface area contributed by atoms with Crippen LogP contribution in [-0.2, 0) is 4.57 Å². The molecule has 1 aromatic carbocycles. The number of hydrogen-bond donors (Lipinski definition) is 2. The number of hydrogen-bond acceptors (Lipinski definition) is 2. The number of rotatable bonds is 1. The van der Waals surface area contributed by atoms with Crippen molar-refractivity contribution in [2.24, 2.45) is 0 Å². The van der Waals surface area contributed by atoms with E-state index < -0.39 is 8.03 Å². The summed E-state index contributed by atoms with van der Waals surface area (Å²) < 4.78 is 10.4. The molecular formula is C8H13O3P. The number of aliphatic hydroxyl groups excluding tert-OH is 1. The molecule has 1 aromatic rings. The third-order valence-electron chi connectivity index (χ3n) is 1.02. The van der Waals surface area contributed by atoms with Crippen LogP contribution in [0.15, 0.2) is 30.3 Å². The summed E-state index contributed by atoms with van der Waals surface area (Å²) in [5, 5.41) is 8.09. The first-order chi connectivity index (χ1) is 5.72. The van der Waals surface area contributed by atoms with Gasteiger partial charge in [-0.3, -0.25) is 4.57 Å². The van der Waals surface area contributed by atoms with Gasteiger partial charge < -0.3 is 10.00 Å². The first kappa shape index (κ1) is 11.4. The van der Waals surface area contributed by atoms with Gasteiger partial charge in [0.05, 0.1) is 0 Å². The molecule has 0 aliphatic rings. The van der Waals surface area contributed by atoms with Crippen molar-refractivity contribution in [3.8, 4) is 0 Å². The fourth-order valence-electron chi connectivity index (χ4n) is 0.581. The summed E-state index contributed by atoms with van der Waals surface area (Å²) in [6.07, 6.45) is 0. The van der Waals surface area contributed by atoms with Gasteiger partial charge in [0.1, 0.15) is 0 Å². The minimum atomic E-state index is -2.46. The van der Waals surface area contributed by atoms with Crippen LogP contribution in [0.4, 0.5) is 0 Å². The van der Waals surface area contributed by atoms with E-state index in [2.05, 4.69) is 0 Å². The molecule has 0 spiro atoms. The Hall–Kier alpha value is -0.630. The Morgan fingerprint density at radius 2 is 1.75 bits per heavy atom. The summed E-state index contributed by atoms with van der Waals surface area (Å²) in [5.41, 5.74) is 0. The van der Waals surface area contributed by atoms with Crippen molar-refractivity contribution >= 4 is 13.3 Å². The molecule has 1 rings (SSSR count). The van der Waals surface area contributed by atoms with Gasteiger partial charge in [0, 0.05) is 11.9 Å². The van der Waals surface area contributed by atoms with Gasteiger partial charge in [-0.2, -0.15) is 0 Å². The zero-order chi connectivity index (χ0) is 9.40. The molecule has 0 saturated carbocycles. The summed E-state index contributed by atoms with van der Waals surface area (Å²) in [6, 6.07) is 8.58. The van der Waals surface area contributed by atoms with Crippen molar-refractivity contribution in [1.82, 2.24) is 0 Å². The van der Waals surface area contributed by atoms with Crippen LogP contribution < -0.4 is 5.30 Å². The van der Waals surface area contributed by atoms with Crippen LogP contribution in [0.5, 0.6) is 0 Å². The highest BCUT2D eigenvalue weighted by molar-refractivity contribution is 7.47. The van der Waals surface area contributed by atoms with Crippen LogP contribution in [0.3, 0.4) is 0 Å². The van der Waals surface area contributed by atoms with E-state index in [0.717, 1.165) is 0 Å². The highest BCUT2D eigenvalue weighted by Crippen LogP contribution is 2.10. The number of benzene rings is 1. The minimum absolute atomic E-state index is 0.250. The van der Waals surface area contributed by atoms with Gasteiger partial charge >= 0.3 is 0 Å².